The fourth-order valence-corrected chi connectivity index (χ4v) is 4.71. The van der Waals surface area contributed by atoms with Gasteiger partial charge in [-0.05, 0) is 45.3 Å². The van der Waals surface area contributed by atoms with Gasteiger partial charge < -0.3 is 10.2 Å². The number of benzene rings is 1. The summed E-state index contributed by atoms with van der Waals surface area (Å²) in [4.78, 5) is 14.2. The normalized spacial score (nSPS) is 16.7. The molecule has 1 heterocycles. The molecule has 0 bridgehead atoms. The molecule has 26 heavy (non-hydrogen) atoms. The molecule has 7 heteroatoms. The number of carbonyl (C=O) groups is 1. The van der Waals surface area contributed by atoms with Crippen molar-refractivity contribution in [3.05, 3.63) is 35.9 Å². The van der Waals surface area contributed by atoms with Gasteiger partial charge in [0, 0.05) is 32.1 Å². The van der Waals surface area contributed by atoms with Crippen LogP contribution in [0.4, 0.5) is 0 Å². The summed E-state index contributed by atoms with van der Waals surface area (Å²) in [5.41, 5.74) is 1.16. The molecule has 1 aromatic carbocycles. The van der Waals surface area contributed by atoms with Crippen LogP contribution < -0.4 is 5.32 Å². The first-order valence-corrected chi connectivity index (χ1v) is 10.9. The van der Waals surface area contributed by atoms with Crippen LogP contribution in [0.2, 0.25) is 0 Å². The van der Waals surface area contributed by atoms with Gasteiger partial charge in [0.05, 0.1) is 5.75 Å². The maximum Gasteiger partial charge on any atom is 0.223 e. The molecule has 0 aliphatic carbocycles. The Bertz CT molecular complexity index is 654. The minimum Gasteiger partial charge on any atom is -0.355 e. The average molecular weight is 382 g/mol. The Balaban J connectivity index is 1.72. The molecule has 146 valence electrons. The molecule has 1 aliphatic rings. The summed E-state index contributed by atoms with van der Waals surface area (Å²) < 4.78 is 26.6. The van der Waals surface area contributed by atoms with Gasteiger partial charge in [0.2, 0.25) is 15.9 Å². The van der Waals surface area contributed by atoms with E-state index in [2.05, 4.69) is 5.32 Å². The molecular weight excluding hydrogens is 350 g/mol. The van der Waals surface area contributed by atoms with Crippen LogP contribution in [0.25, 0.3) is 0 Å². The summed E-state index contributed by atoms with van der Waals surface area (Å²) in [6, 6.07) is 9.94. The SMILES string of the molecule is CN(C)CCNC(=O)C1CCN(S(=O)(=O)CCCc2ccccc2)CC1. The van der Waals surface area contributed by atoms with Crippen molar-refractivity contribution in [2.24, 2.45) is 5.92 Å². The molecule has 1 amide bonds. The lowest BCUT2D eigenvalue weighted by Gasteiger charge is -2.30. The second-order valence-electron chi connectivity index (χ2n) is 7.17. The molecular formula is C19H31N3O3S. The monoisotopic (exact) mass is 381 g/mol. The highest BCUT2D eigenvalue weighted by Crippen LogP contribution is 2.20. The summed E-state index contributed by atoms with van der Waals surface area (Å²) >= 11 is 0. The number of nitrogens with one attached hydrogen (secondary N) is 1. The number of nitrogens with zero attached hydrogens (tertiary/aromatic N) is 2. The molecule has 1 aromatic rings. The Morgan fingerprint density at radius 1 is 1.19 bits per heavy atom. The van der Waals surface area contributed by atoms with Crippen LogP contribution in [0.5, 0.6) is 0 Å². The minimum absolute atomic E-state index is 0.0491. The molecule has 2 rings (SSSR count). The van der Waals surface area contributed by atoms with Crippen molar-refractivity contribution >= 4 is 15.9 Å². The van der Waals surface area contributed by atoms with Gasteiger partial charge in [-0.15, -0.1) is 0 Å². The molecule has 6 nitrogen and oxygen atoms in total. The van der Waals surface area contributed by atoms with Gasteiger partial charge in [-0.2, -0.15) is 0 Å². The number of piperidine rings is 1. The van der Waals surface area contributed by atoms with E-state index >= 15 is 0 Å². The number of hydrogen-bond donors (Lipinski definition) is 1. The Morgan fingerprint density at radius 2 is 1.85 bits per heavy atom. The van der Waals surface area contributed by atoms with Gasteiger partial charge in [0.15, 0.2) is 0 Å². The number of sulfonamides is 1. The summed E-state index contributed by atoms with van der Waals surface area (Å²) in [5, 5.41) is 2.94. The van der Waals surface area contributed by atoms with E-state index in [9.17, 15) is 13.2 Å². The zero-order valence-electron chi connectivity index (χ0n) is 15.9. The predicted molar refractivity (Wildman–Crippen MR) is 104 cm³/mol. The molecule has 1 fully saturated rings. The fourth-order valence-electron chi connectivity index (χ4n) is 3.18. The molecule has 1 saturated heterocycles. The standard InChI is InChI=1S/C19H31N3O3S/c1-21(2)15-12-20-19(23)18-10-13-22(14-11-18)26(24,25)16-6-9-17-7-4-3-5-8-17/h3-5,7-8,18H,6,9-16H2,1-2H3,(H,20,23). The highest BCUT2D eigenvalue weighted by atomic mass is 32.2. The number of carbonyl (C=O) groups excluding carboxylic acids is 1. The van der Waals surface area contributed by atoms with Crippen molar-refractivity contribution in [1.29, 1.82) is 0 Å². The molecule has 1 N–H and O–H groups in total. The first-order valence-electron chi connectivity index (χ1n) is 9.32. The van der Waals surface area contributed by atoms with E-state index in [4.69, 9.17) is 0 Å². The Kier molecular flexibility index (Phi) is 8.06. The van der Waals surface area contributed by atoms with Crippen molar-refractivity contribution < 1.29 is 13.2 Å². The van der Waals surface area contributed by atoms with Crippen molar-refractivity contribution in [2.75, 3.05) is 46.0 Å². The topological polar surface area (TPSA) is 69.7 Å². The van der Waals surface area contributed by atoms with Gasteiger partial charge in [-0.1, -0.05) is 30.3 Å². The number of amides is 1. The third-order valence-corrected chi connectivity index (χ3v) is 6.74. The summed E-state index contributed by atoms with van der Waals surface area (Å²) in [6.07, 6.45) is 2.60. The maximum absolute atomic E-state index is 12.5. The molecule has 0 saturated carbocycles. The Morgan fingerprint density at radius 3 is 2.46 bits per heavy atom. The Labute approximate surface area is 157 Å². The number of aryl methyl sites for hydroxylation is 1. The first-order chi connectivity index (χ1) is 12.4. The van der Waals surface area contributed by atoms with Crippen molar-refractivity contribution in [3.8, 4) is 0 Å². The van der Waals surface area contributed by atoms with E-state index in [0.29, 0.717) is 38.9 Å². The van der Waals surface area contributed by atoms with Crippen LogP contribution in [0.15, 0.2) is 30.3 Å². The van der Waals surface area contributed by atoms with Gasteiger partial charge in [-0.25, -0.2) is 12.7 Å². The molecule has 0 spiro atoms. The van der Waals surface area contributed by atoms with E-state index in [1.165, 1.54) is 0 Å². The third-order valence-electron chi connectivity index (χ3n) is 4.79. The van der Waals surface area contributed by atoms with Crippen LogP contribution in [0.1, 0.15) is 24.8 Å². The largest absolute Gasteiger partial charge is 0.355 e. The minimum atomic E-state index is -3.24. The lowest BCUT2D eigenvalue weighted by molar-refractivity contribution is -0.126. The first kappa shape index (κ1) is 20.9. The fraction of sp³-hybridized carbons (Fsp3) is 0.632. The zero-order chi connectivity index (χ0) is 19.0. The summed E-state index contributed by atoms with van der Waals surface area (Å²) in [5.74, 6) is 0.141. The van der Waals surface area contributed by atoms with Crippen LogP contribution in [0, 0.1) is 5.92 Å². The highest BCUT2D eigenvalue weighted by molar-refractivity contribution is 7.89. The van der Waals surface area contributed by atoms with Gasteiger partial charge in [0.25, 0.3) is 0 Å². The second kappa shape index (κ2) is 10.0. The van der Waals surface area contributed by atoms with Crippen molar-refractivity contribution in [1.82, 2.24) is 14.5 Å². The van der Waals surface area contributed by atoms with Crippen LogP contribution in [0.3, 0.4) is 0 Å². The molecule has 0 atom stereocenters. The molecule has 0 unspecified atom stereocenters. The highest BCUT2D eigenvalue weighted by Gasteiger charge is 2.30. The van der Waals surface area contributed by atoms with E-state index in [0.717, 1.165) is 18.5 Å². The maximum atomic E-state index is 12.5. The summed E-state index contributed by atoms with van der Waals surface area (Å²) in [7, 11) is 0.695. The van der Waals surface area contributed by atoms with E-state index in [-0.39, 0.29) is 17.6 Å². The van der Waals surface area contributed by atoms with Crippen molar-refractivity contribution in [3.63, 3.8) is 0 Å². The van der Waals surface area contributed by atoms with E-state index in [1.807, 2.05) is 49.3 Å². The van der Waals surface area contributed by atoms with Crippen LogP contribution in [-0.2, 0) is 21.2 Å². The Hall–Kier alpha value is -1.44. The summed E-state index contributed by atoms with van der Waals surface area (Å²) in [6.45, 7) is 2.32. The molecule has 0 aromatic heterocycles. The zero-order valence-corrected chi connectivity index (χ0v) is 16.7. The molecule has 0 radical (unpaired) electrons. The van der Waals surface area contributed by atoms with Crippen LogP contribution in [-0.4, -0.2) is 69.6 Å². The number of hydrogen-bond acceptors (Lipinski definition) is 4. The van der Waals surface area contributed by atoms with Gasteiger partial charge >= 0.3 is 0 Å². The molecule has 1 aliphatic heterocycles. The number of rotatable bonds is 9. The average Bonchev–Trinajstić information content (AvgIpc) is 2.62. The second-order valence-corrected chi connectivity index (χ2v) is 9.26. The third kappa shape index (κ3) is 6.70. The van der Waals surface area contributed by atoms with Crippen molar-refractivity contribution in [2.45, 2.75) is 25.7 Å². The van der Waals surface area contributed by atoms with E-state index in [1.54, 1.807) is 4.31 Å². The predicted octanol–water partition coefficient (Wildman–Crippen LogP) is 1.34. The van der Waals surface area contributed by atoms with Gasteiger partial charge in [-0.3, -0.25) is 4.79 Å². The lowest BCUT2D eigenvalue weighted by atomic mass is 9.97. The van der Waals surface area contributed by atoms with E-state index < -0.39 is 10.0 Å². The quantitative estimate of drug-likeness (QED) is 0.701. The lowest BCUT2D eigenvalue weighted by Crippen LogP contribution is -2.44. The number of likely N-dealkylation sites (N-methyl/N-ethyl adjacent to an activating group) is 1. The van der Waals surface area contributed by atoms with Gasteiger partial charge in [0.1, 0.15) is 0 Å². The smallest absolute Gasteiger partial charge is 0.223 e. The van der Waals surface area contributed by atoms with Crippen LogP contribution >= 0.6 is 0 Å².